The van der Waals surface area contributed by atoms with E-state index < -0.39 is 12.6 Å². The van der Waals surface area contributed by atoms with Gasteiger partial charge in [-0.25, -0.2) is 0 Å². The second-order valence-corrected chi connectivity index (χ2v) is 4.56. The maximum absolute atomic E-state index is 12.0. The highest BCUT2D eigenvalue weighted by atomic mass is 19.4. The third-order valence-electron chi connectivity index (χ3n) is 2.82. The van der Waals surface area contributed by atoms with Crippen molar-refractivity contribution < 1.29 is 13.2 Å². The molecule has 2 heterocycles. The molecule has 0 bridgehead atoms. The van der Waals surface area contributed by atoms with Gasteiger partial charge in [0.1, 0.15) is 5.82 Å². The maximum Gasteiger partial charge on any atom is 0.389 e. The van der Waals surface area contributed by atoms with E-state index >= 15 is 0 Å². The van der Waals surface area contributed by atoms with Crippen molar-refractivity contribution in [3.63, 3.8) is 0 Å². The molecule has 0 radical (unpaired) electrons. The zero-order valence-electron chi connectivity index (χ0n) is 11.6. The number of hydrogen-bond acceptors (Lipinski definition) is 5. The highest BCUT2D eigenvalue weighted by molar-refractivity contribution is 5.86. The molecule has 9 heteroatoms. The van der Waals surface area contributed by atoms with Gasteiger partial charge in [0.05, 0.1) is 11.6 Å². The Balaban J connectivity index is 1.95. The fraction of sp³-hybridized carbons (Fsp3) is 0.583. The van der Waals surface area contributed by atoms with Crippen molar-refractivity contribution in [2.75, 3.05) is 23.7 Å². The Morgan fingerprint density at radius 1 is 1.19 bits per heavy atom. The molecule has 0 aliphatic heterocycles. The van der Waals surface area contributed by atoms with E-state index in [-0.39, 0.29) is 6.42 Å². The molecule has 0 amide bonds. The van der Waals surface area contributed by atoms with Gasteiger partial charge in [0.2, 0.25) is 5.95 Å². The first-order valence-corrected chi connectivity index (χ1v) is 6.75. The summed E-state index contributed by atoms with van der Waals surface area (Å²) in [6.45, 7) is 3.01. The lowest BCUT2D eigenvalue weighted by Gasteiger charge is -2.09. The zero-order valence-corrected chi connectivity index (χ0v) is 11.6. The smallest absolute Gasteiger partial charge is 0.369 e. The molecule has 116 valence electrons. The van der Waals surface area contributed by atoms with Crippen LogP contribution in [0.3, 0.4) is 0 Å². The number of H-pyrrole nitrogens is 1. The van der Waals surface area contributed by atoms with Gasteiger partial charge in [0.15, 0.2) is 5.65 Å². The average molecular weight is 302 g/mol. The molecule has 0 aromatic carbocycles. The minimum atomic E-state index is -4.09. The number of alkyl halides is 3. The van der Waals surface area contributed by atoms with Crippen molar-refractivity contribution in [1.29, 1.82) is 0 Å². The van der Waals surface area contributed by atoms with E-state index in [2.05, 4.69) is 30.8 Å². The lowest BCUT2D eigenvalue weighted by Crippen LogP contribution is -2.10. The lowest BCUT2D eigenvalue weighted by molar-refractivity contribution is -0.135. The molecule has 0 fully saturated rings. The number of nitrogens with one attached hydrogen (secondary N) is 3. The second-order valence-electron chi connectivity index (χ2n) is 4.56. The maximum atomic E-state index is 12.0. The van der Waals surface area contributed by atoms with Crippen LogP contribution in [0.25, 0.3) is 11.0 Å². The van der Waals surface area contributed by atoms with E-state index in [4.69, 9.17) is 0 Å². The summed E-state index contributed by atoms with van der Waals surface area (Å²) in [5, 5.41) is 13.4. The van der Waals surface area contributed by atoms with Crippen LogP contribution >= 0.6 is 0 Å². The third-order valence-corrected chi connectivity index (χ3v) is 2.82. The quantitative estimate of drug-likeness (QED) is 0.685. The van der Waals surface area contributed by atoms with Crippen LogP contribution in [0.1, 0.15) is 26.2 Å². The first-order valence-electron chi connectivity index (χ1n) is 6.75. The summed E-state index contributed by atoms with van der Waals surface area (Å²) in [7, 11) is 0. The van der Waals surface area contributed by atoms with Crippen LogP contribution in [0.4, 0.5) is 24.9 Å². The monoisotopic (exact) mass is 302 g/mol. The summed E-state index contributed by atoms with van der Waals surface area (Å²) < 4.78 is 36.1. The molecule has 2 rings (SSSR count). The molecule has 2 aromatic heterocycles. The second kappa shape index (κ2) is 6.59. The Hall–Kier alpha value is -2.06. The Morgan fingerprint density at radius 3 is 2.71 bits per heavy atom. The SMILES string of the molecule is CCNc1nc(NCCCCC(F)(F)F)c2cn[nH]c2n1. The zero-order chi connectivity index (χ0) is 15.3. The first kappa shape index (κ1) is 15.3. The number of halogens is 3. The van der Waals surface area contributed by atoms with E-state index in [9.17, 15) is 13.2 Å². The van der Waals surface area contributed by atoms with Gasteiger partial charge in [-0.15, -0.1) is 0 Å². The summed E-state index contributed by atoms with van der Waals surface area (Å²) >= 11 is 0. The van der Waals surface area contributed by atoms with Gasteiger partial charge >= 0.3 is 6.18 Å². The minimum absolute atomic E-state index is 0.0934. The van der Waals surface area contributed by atoms with Crippen LogP contribution in [-0.4, -0.2) is 39.4 Å². The van der Waals surface area contributed by atoms with Crippen molar-refractivity contribution in [2.24, 2.45) is 0 Å². The van der Waals surface area contributed by atoms with Gasteiger partial charge < -0.3 is 10.6 Å². The summed E-state index contributed by atoms with van der Waals surface area (Å²) in [5.41, 5.74) is 0.582. The average Bonchev–Trinajstić information content (AvgIpc) is 2.85. The van der Waals surface area contributed by atoms with Crippen LogP contribution in [0.2, 0.25) is 0 Å². The Kier molecular flexibility index (Phi) is 4.81. The van der Waals surface area contributed by atoms with Crippen LogP contribution in [0.15, 0.2) is 6.20 Å². The lowest BCUT2D eigenvalue weighted by atomic mass is 10.2. The number of rotatable bonds is 7. The molecule has 6 nitrogen and oxygen atoms in total. The standard InChI is InChI=1S/C12H17F3N6/c1-2-16-11-19-9(8-7-18-21-10(8)20-11)17-6-4-3-5-12(13,14)15/h7H,2-6H2,1H3,(H3,16,17,18,19,20,21). The van der Waals surface area contributed by atoms with Crippen LogP contribution in [0, 0.1) is 0 Å². The van der Waals surface area contributed by atoms with Gasteiger partial charge in [0.25, 0.3) is 0 Å². The van der Waals surface area contributed by atoms with E-state index in [1.165, 1.54) is 0 Å². The van der Waals surface area contributed by atoms with E-state index in [0.717, 1.165) is 0 Å². The van der Waals surface area contributed by atoms with Crippen molar-refractivity contribution in [2.45, 2.75) is 32.4 Å². The van der Waals surface area contributed by atoms with Crippen molar-refractivity contribution >= 4 is 22.8 Å². The summed E-state index contributed by atoms with van der Waals surface area (Å²) in [6, 6.07) is 0. The van der Waals surface area contributed by atoms with Gasteiger partial charge in [-0.3, -0.25) is 5.10 Å². The molecule has 0 saturated carbocycles. The highest BCUT2D eigenvalue weighted by Crippen LogP contribution is 2.23. The normalized spacial score (nSPS) is 11.8. The summed E-state index contributed by atoms with van der Waals surface area (Å²) in [6.07, 6.45) is -2.76. The number of aromatic nitrogens is 4. The van der Waals surface area contributed by atoms with E-state index in [1.807, 2.05) is 6.92 Å². The van der Waals surface area contributed by atoms with Crippen LogP contribution in [-0.2, 0) is 0 Å². The summed E-state index contributed by atoms with van der Waals surface area (Å²) in [5.74, 6) is 1.02. The predicted molar refractivity (Wildman–Crippen MR) is 74.2 cm³/mol. The topological polar surface area (TPSA) is 78.5 Å². The first-order chi connectivity index (χ1) is 9.99. The van der Waals surface area contributed by atoms with Gasteiger partial charge in [-0.1, -0.05) is 0 Å². The minimum Gasteiger partial charge on any atom is -0.369 e. The predicted octanol–water partition coefficient (Wildman–Crippen LogP) is 2.93. The van der Waals surface area contributed by atoms with E-state index in [0.29, 0.717) is 42.3 Å². The Bertz CT molecular complexity index is 580. The summed E-state index contributed by atoms with van der Waals surface area (Å²) in [4.78, 5) is 8.53. The number of unbranched alkanes of at least 4 members (excludes halogenated alkanes) is 1. The van der Waals surface area contributed by atoms with E-state index in [1.54, 1.807) is 6.20 Å². The van der Waals surface area contributed by atoms with Crippen LogP contribution in [0.5, 0.6) is 0 Å². The molecule has 0 atom stereocenters. The number of fused-ring (bicyclic) bond motifs is 1. The Labute approximate surface area is 119 Å². The Morgan fingerprint density at radius 2 is 2.00 bits per heavy atom. The van der Waals surface area contributed by atoms with Crippen LogP contribution < -0.4 is 10.6 Å². The van der Waals surface area contributed by atoms with Crippen molar-refractivity contribution in [3.8, 4) is 0 Å². The molecule has 0 spiro atoms. The van der Waals surface area contributed by atoms with Crippen molar-refractivity contribution in [3.05, 3.63) is 6.20 Å². The van der Waals surface area contributed by atoms with Gasteiger partial charge in [0, 0.05) is 19.5 Å². The fourth-order valence-electron chi connectivity index (χ4n) is 1.86. The largest absolute Gasteiger partial charge is 0.389 e. The molecular weight excluding hydrogens is 285 g/mol. The van der Waals surface area contributed by atoms with Gasteiger partial charge in [-0.2, -0.15) is 28.2 Å². The molecule has 2 aromatic rings. The molecule has 21 heavy (non-hydrogen) atoms. The molecule has 0 saturated heterocycles. The number of aromatic amines is 1. The number of anilines is 2. The molecule has 0 aliphatic carbocycles. The number of hydrogen-bond donors (Lipinski definition) is 3. The highest BCUT2D eigenvalue weighted by Gasteiger charge is 2.25. The van der Waals surface area contributed by atoms with Crippen molar-refractivity contribution in [1.82, 2.24) is 20.2 Å². The van der Waals surface area contributed by atoms with Gasteiger partial charge in [-0.05, 0) is 19.8 Å². The molecule has 0 aliphatic rings. The molecule has 0 unspecified atom stereocenters. The molecule has 3 N–H and O–H groups in total. The third kappa shape index (κ3) is 4.47. The number of nitrogens with zero attached hydrogens (tertiary/aromatic N) is 3. The fourth-order valence-corrected chi connectivity index (χ4v) is 1.86. The molecular formula is C12H17F3N6.